The first kappa shape index (κ1) is 18.3. The summed E-state index contributed by atoms with van der Waals surface area (Å²) in [5.41, 5.74) is 2.71. The van der Waals surface area contributed by atoms with Crippen LogP contribution in [-0.4, -0.2) is 41.6 Å². The molecule has 1 heterocycles. The number of likely N-dealkylation sites (N-methyl/N-ethyl adjacent to an activating group) is 1. The Hall–Kier alpha value is -2.50. The van der Waals surface area contributed by atoms with Crippen LogP contribution in [0, 0.1) is 6.92 Å². The molecule has 0 aliphatic rings. The van der Waals surface area contributed by atoms with E-state index in [1.807, 2.05) is 69.6 Å². The Kier molecular flexibility index (Phi) is 5.49. The van der Waals surface area contributed by atoms with Crippen LogP contribution in [0.2, 0.25) is 0 Å². The first-order valence-corrected chi connectivity index (χ1v) is 8.94. The summed E-state index contributed by atoms with van der Waals surface area (Å²) < 4.78 is 1.73. The standard InChI is InChI=1S/C21H26N4O/c1-15-9-11-17(12-10-15)25-20(16(2)22-13-14-24(3)4)23-19-8-6-5-7-18(19)21(25)26/h5-12,16,22H,13-14H2,1-4H3/t16-/m0/s1. The minimum absolute atomic E-state index is 0.0317. The van der Waals surface area contributed by atoms with E-state index in [9.17, 15) is 4.79 Å². The lowest BCUT2D eigenvalue weighted by Gasteiger charge is -2.20. The molecule has 2 aromatic carbocycles. The molecule has 5 heteroatoms. The van der Waals surface area contributed by atoms with Crippen LogP contribution in [0.25, 0.3) is 16.6 Å². The number of hydrogen-bond donors (Lipinski definition) is 1. The lowest BCUT2D eigenvalue weighted by Crippen LogP contribution is -2.33. The van der Waals surface area contributed by atoms with Crippen LogP contribution < -0.4 is 10.9 Å². The van der Waals surface area contributed by atoms with Crippen molar-refractivity contribution >= 4 is 10.9 Å². The molecule has 0 unspecified atom stereocenters. The summed E-state index contributed by atoms with van der Waals surface area (Å²) in [4.78, 5) is 20.2. The maximum atomic E-state index is 13.2. The quantitative estimate of drug-likeness (QED) is 0.743. The third-order valence-electron chi connectivity index (χ3n) is 4.49. The van der Waals surface area contributed by atoms with Gasteiger partial charge in [-0.25, -0.2) is 4.98 Å². The molecule has 1 aromatic heterocycles. The minimum atomic E-state index is -0.0476. The Morgan fingerprint density at radius 1 is 1.12 bits per heavy atom. The third kappa shape index (κ3) is 3.84. The summed E-state index contributed by atoms with van der Waals surface area (Å²) in [5, 5.41) is 4.12. The predicted molar refractivity (Wildman–Crippen MR) is 107 cm³/mol. The van der Waals surface area contributed by atoms with Gasteiger partial charge in [-0.2, -0.15) is 0 Å². The molecular formula is C21H26N4O. The maximum Gasteiger partial charge on any atom is 0.266 e. The molecule has 0 fully saturated rings. The third-order valence-corrected chi connectivity index (χ3v) is 4.49. The van der Waals surface area contributed by atoms with Gasteiger partial charge in [-0.05, 0) is 52.2 Å². The van der Waals surface area contributed by atoms with Gasteiger partial charge in [0, 0.05) is 13.1 Å². The molecule has 0 amide bonds. The number of rotatable bonds is 6. The van der Waals surface area contributed by atoms with Crippen molar-refractivity contribution in [3.05, 3.63) is 70.3 Å². The summed E-state index contributed by atoms with van der Waals surface area (Å²) in [7, 11) is 4.09. The van der Waals surface area contributed by atoms with E-state index in [0.717, 1.165) is 35.7 Å². The van der Waals surface area contributed by atoms with Gasteiger partial charge in [0.05, 0.1) is 22.6 Å². The van der Waals surface area contributed by atoms with Crippen LogP contribution in [0.1, 0.15) is 24.4 Å². The van der Waals surface area contributed by atoms with Gasteiger partial charge in [0.1, 0.15) is 5.82 Å². The monoisotopic (exact) mass is 350 g/mol. The fraction of sp³-hybridized carbons (Fsp3) is 0.333. The highest BCUT2D eigenvalue weighted by atomic mass is 16.1. The van der Waals surface area contributed by atoms with Crippen molar-refractivity contribution in [1.82, 2.24) is 19.8 Å². The van der Waals surface area contributed by atoms with Crippen LogP contribution in [0.15, 0.2) is 53.3 Å². The highest BCUT2D eigenvalue weighted by Gasteiger charge is 2.17. The molecule has 136 valence electrons. The minimum Gasteiger partial charge on any atom is -0.308 e. The molecule has 5 nitrogen and oxygen atoms in total. The number of aryl methyl sites for hydroxylation is 1. The van der Waals surface area contributed by atoms with Crippen molar-refractivity contribution < 1.29 is 0 Å². The molecule has 0 radical (unpaired) electrons. The van der Waals surface area contributed by atoms with E-state index in [2.05, 4.69) is 17.1 Å². The van der Waals surface area contributed by atoms with Crippen molar-refractivity contribution in [3.63, 3.8) is 0 Å². The summed E-state index contributed by atoms with van der Waals surface area (Å²) in [5.74, 6) is 0.733. The Morgan fingerprint density at radius 3 is 2.50 bits per heavy atom. The second-order valence-corrected chi connectivity index (χ2v) is 6.94. The molecule has 3 aromatic rings. The number of benzene rings is 2. The van der Waals surface area contributed by atoms with Gasteiger partial charge < -0.3 is 10.2 Å². The molecule has 1 atom stereocenters. The number of nitrogens with zero attached hydrogens (tertiary/aromatic N) is 3. The molecule has 3 rings (SSSR count). The lowest BCUT2D eigenvalue weighted by molar-refractivity contribution is 0.385. The van der Waals surface area contributed by atoms with E-state index in [0.29, 0.717) is 5.39 Å². The van der Waals surface area contributed by atoms with E-state index in [4.69, 9.17) is 4.98 Å². The molecule has 26 heavy (non-hydrogen) atoms. The summed E-state index contributed by atoms with van der Waals surface area (Å²) in [6, 6.07) is 15.5. The molecule has 1 N–H and O–H groups in total. The van der Waals surface area contributed by atoms with E-state index < -0.39 is 0 Å². The van der Waals surface area contributed by atoms with Gasteiger partial charge in [-0.15, -0.1) is 0 Å². The second kappa shape index (κ2) is 7.81. The molecule has 0 bridgehead atoms. The van der Waals surface area contributed by atoms with Gasteiger partial charge in [0.15, 0.2) is 0 Å². The Bertz CT molecular complexity index is 944. The zero-order chi connectivity index (χ0) is 18.7. The largest absolute Gasteiger partial charge is 0.308 e. The highest BCUT2D eigenvalue weighted by molar-refractivity contribution is 5.77. The second-order valence-electron chi connectivity index (χ2n) is 6.94. The van der Waals surface area contributed by atoms with Gasteiger partial charge in [0.2, 0.25) is 0 Å². The number of hydrogen-bond acceptors (Lipinski definition) is 4. The first-order chi connectivity index (χ1) is 12.5. The topological polar surface area (TPSA) is 50.2 Å². The number of fused-ring (bicyclic) bond motifs is 1. The van der Waals surface area contributed by atoms with Crippen molar-refractivity contribution in [2.75, 3.05) is 27.2 Å². The summed E-state index contributed by atoms with van der Waals surface area (Å²) in [6.45, 7) is 5.84. The summed E-state index contributed by atoms with van der Waals surface area (Å²) in [6.07, 6.45) is 0. The van der Waals surface area contributed by atoms with Crippen LogP contribution >= 0.6 is 0 Å². The van der Waals surface area contributed by atoms with E-state index in [1.54, 1.807) is 4.57 Å². The smallest absolute Gasteiger partial charge is 0.266 e. The van der Waals surface area contributed by atoms with Crippen LogP contribution in [0.3, 0.4) is 0 Å². The van der Waals surface area contributed by atoms with Gasteiger partial charge in [-0.1, -0.05) is 29.8 Å². The van der Waals surface area contributed by atoms with Gasteiger partial charge >= 0.3 is 0 Å². The number of aromatic nitrogens is 2. The Morgan fingerprint density at radius 2 is 1.81 bits per heavy atom. The fourth-order valence-electron chi connectivity index (χ4n) is 2.98. The lowest BCUT2D eigenvalue weighted by atomic mass is 10.2. The van der Waals surface area contributed by atoms with Crippen molar-refractivity contribution in [2.24, 2.45) is 0 Å². The molecule has 0 saturated heterocycles. The SMILES string of the molecule is Cc1ccc(-n2c([C@H](C)NCCN(C)C)nc3ccccc3c2=O)cc1. The van der Waals surface area contributed by atoms with Gasteiger partial charge in [-0.3, -0.25) is 9.36 Å². The zero-order valence-electron chi connectivity index (χ0n) is 15.9. The summed E-state index contributed by atoms with van der Waals surface area (Å²) >= 11 is 0. The first-order valence-electron chi connectivity index (χ1n) is 8.94. The molecule has 0 spiro atoms. The number of nitrogens with one attached hydrogen (secondary N) is 1. The molecule has 0 aliphatic carbocycles. The van der Waals surface area contributed by atoms with Gasteiger partial charge in [0.25, 0.3) is 5.56 Å². The zero-order valence-corrected chi connectivity index (χ0v) is 15.9. The van der Waals surface area contributed by atoms with Crippen LogP contribution in [0.4, 0.5) is 0 Å². The van der Waals surface area contributed by atoms with Crippen molar-refractivity contribution in [2.45, 2.75) is 19.9 Å². The van der Waals surface area contributed by atoms with E-state index >= 15 is 0 Å². The number of para-hydroxylation sites is 1. The van der Waals surface area contributed by atoms with E-state index in [-0.39, 0.29) is 11.6 Å². The van der Waals surface area contributed by atoms with Crippen molar-refractivity contribution in [1.29, 1.82) is 0 Å². The predicted octanol–water partition coefficient (Wildman–Crippen LogP) is 2.91. The molecule has 0 aliphatic heterocycles. The molecule has 0 saturated carbocycles. The van der Waals surface area contributed by atoms with Crippen molar-refractivity contribution in [3.8, 4) is 5.69 Å². The molecular weight excluding hydrogens is 324 g/mol. The Balaban J connectivity index is 2.11. The normalized spacial score (nSPS) is 12.7. The van der Waals surface area contributed by atoms with Crippen LogP contribution in [0.5, 0.6) is 0 Å². The highest BCUT2D eigenvalue weighted by Crippen LogP contribution is 2.18. The Labute approximate surface area is 154 Å². The average molecular weight is 350 g/mol. The average Bonchev–Trinajstić information content (AvgIpc) is 2.62. The maximum absolute atomic E-state index is 13.2. The van der Waals surface area contributed by atoms with Crippen LogP contribution in [-0.2, 0) is 0 Å². The fourth-order valence-corrected chi connectivity index (χ4v) is 2.98. The van der Waals surface area contributed by atoms with E-state index in [1.165, 1.54) is 0 Å².